The first-order chi connectivity index (χ1) is 20.8. The van der Waals surface area contributed by atoms with E-state index in [1.54, 1.807) is 6.92 Å². The molecule has 0 aliphatic rings. The molecule has 44 heavy (non-hydrogen) atoms. The molecule has 0 fully saturated rings. The van der Waals surface area contributed by atoms with Gasteiger partial charge in [-0.25, -0.2) is 0 Å². The largest absolute Gasteiger partial charge is 0.457 e. The van der Waals surface area contributed by atoms with Crippen molar-refractivity contribution < 1.29 is 14.3 Å². The summed E-state index contributed by atoms with van der Waals surface area (Å²) in [5, 5.41) is 0. The van der Waals surface area contributed by atoms with Gasteiger partial charge in [-0.3, -0.25) is 4.79 Å². The number of carbonyl (C=O) groups is 1. The first-order valence-corrected chi connectivity index (χ1v) is 15.1. The molecule has 5 rings (SSSR count). The summed E-state index contributed by atoms with van der Waals surface area (Å²) >= 11 is 0. The molecule has 0 unspecified atom stereocenters. The molecule has 0 radical (unpaired) electrons. The molecule has 0 amide bonds. The van der Waals surface area contributed by atoms with Crippen LogP contribution < -0.4 is 9.47 Å². The summed E-state index contributed by atoms with van der Waals surface area (Å²) in [5.74, 6) is 3.55. The van der Waals surface area contributed by atoms with Gasteiger partial charge in [0.25, 0.3) is 0 Å². The van der Waals surface area contributed by atoms with Gasteiger partial charge in [-0.1, -0.05) is 62.4 Å². The fourth-order valence-corrected chi connectivity index (χ4v) is 4.83. The van der Waals surface area contributed by atoms with Crippen molar-refractivity contribution in [1.82, 2.24) is 0 Å². The zero-order valence-electron chi connectivity index (χ0n) is 27.5. The molecular weight excluding hydrogens is 540 g/mol. The second kappa shape index (κ2) is 13.8. The number of rotatable bonds is 7. The van der Waals surface area contributed by atoms with Gasteiger partial charge in [0.05, 0.1) is 0 Å². The zero-order valence-corrected chi connectivity index (χ0v) is 27.5. The average molecular weight is 585 g/mol. The number of Topliss-reactive ketones (excluding diaryl/α,β-unsaturated/α-hetero) is 1. The Hall–Kier alpha value is -4.63. The minimum atomic E-state index is -0.141. The molecule has 226 valence electrons. The Bertz CT molecular complexity index is 1640. The van der Waals surface area contributed by atoms with E-state index in [1.807, 2.05) is 68.4 Å². The van der Waals surface area contributed by atoms with Crippen molar-refractivity contribution >= 4 is 5.78 Å². The molecule has 0 spiro atoms. The average Bonchev–Trinajstić information content (AvgIpc) is 2.99. The lowest BCUT2D eigenvalue weighted by molar-refractivity contribution is 0.101. The lowest BCUT2D eigenvalue weighted by Crippen LogP contribution is -2.18. The van der Waals surface area contributed by atoms with Gasteiger partial charge in [0.15, 0.2) is 5.78 Å². The van der Waals surface area contributed by atoms with Crippen LogP contribution in [-0.2, 0) is 5.41 Å². The van der Waals surface area contributed by atoms with Crippen molar-refractivity contribution in [3.63, 3.8) is 0 Å². The van der Waals surface area contributed by atoms with Crippen molar-refractivity contribution in [2.24, 2.45) is 0 Å². The molecule has 0 aromatic heterocycles. The molecule has 5 aromatic carbocycles. The molecular formula is C41H44O3. The molecule has 0 N–H and O–H groups in total. The van der Waals surface area contributed by atoms with Crippen LogP contribution >= 0.6 is 0 Å². The quantitative estimate of drug-likeness (QED) is 0.179. The second-order valence-electron chi connectivity index (χ2n) is 12.2. The van der Waals surface area contributed by atoms with E-state index in [0.717, 1.165) is 28.6 Å². The molecule has 0 saturated carbocycles. The van der Waals surface area contributed by atoms with E-state index >= 15 is 0 Å². The molecule has 0 atom stereocenters. The molecule has 0 heterocycles. The SMILES string of the molecule is CC(=O)c1ccc(C)c(C)c1.Cc1ccc(Oc2ccc(C(C)(C)c3ccc(Oc4ccc(C)c(C)c4)cc3)cc2)cc1C. The predicted octanol–water partition coefficient (Wildman–Crippen LogP) is 11.3. The maximum Gasteiger partial charge on any atom is 0.159 e. The minimum Gasteiger partial charge on any atom is -0.457 e. The molecule has 3 heteroatoms. The highest BCUT2D eigenvalue weighted by Crippen LogP contribution is 2.35. The van der Waals surface area contributed by atoms with Crippen LogP contribution in [0, 0.1) is 41.5 Å². The number of hydrogen-bond donors (Lipinski definition) is 0. The van der Waals surface area contributed by atoms with Gasteiger partial charge in [0.2, 0.25) is 0 Å². The Morgan fingerprint density at radius 1 is 0.455 bits per heavy atom. The van der Waals surface area contributed by atoms with Crippen LogP contribution in [0.1, 0.15) is 75.6 Å². The van der Waals surface area contributed by atoms with Crippen LogP contribution in [0.4, 0.5) is 0 Å². The third kappa shape index (κ3) is 8.05. The number of ketones is 1. The predicted molar refractivity (Wildman–Crippen MR) is 183 cm³/mol. The Morgan fingerprint density at radius 2 is 0.795 bits per heavy atom. The Morgan fingerprint density at radius 3 is 1.14 bits per heavy atom. The third-order valence-electron chi connectivity index (χ3n) is 8.49. The zero-order chi connectivity index (χ0) is 32.0. The maximum atomic E-state index is 10.9. The van der Waals surface area contributed by atoms with Gasteiger partial charge in [0.1, 0.15) is 23.0 Å². The Balaban J connectivity index is 0.000000339. The highest BCUT2D eigenvalue weighted by molar-refractivity contribution is 5.94. The van der Waals surface area contributed by atoms with E-state index < -0.39 is 0 Å². The van der Waals surface area contributed by atoms with Crippen LogP contribution in [0.3, 0.4) is 0 Å². The monoisotopic (exact) mass is 584 g/mol. The smallest absolute Gasteiger partial charge is 0.159 e. The van der Waals surface area contributed by atoms with Crippen molar-refractivity contribution in [2.75, 3.05) is 0 Å². The van der Waals surface area contributed by atoms with E-state index in [2.05, 4.69) is 90.1 Å². The first kappa shape index (κ1) is 32.3. The number of aryl methyl sites for hydroxylation is 6. The summed E-state index contributed by atoms with van der Waals surface area (Å²) < 4.78 is 12.1. The first-order valence-electron chi connectivity index (χ1n) is 15.1. The molecule has 3 nitrogen and oxygen atoms in total. The Kier molecular flexibility index (Phi) is 10.1. The van der Waals surface area contributed by atoms with E-state index in [0.29, 0.717) is 0 Å². The third-order valence-corrected chi connectivity index (χ3v) is 8.49. The number of ether oxygens (including phenoxy) is 2. The fourth-order valence-electron chi connectivity index (χ4n) is 4.83. The van der Waals surface area contributed by atoms with Crippen molar-refractivity contribution in [3.8, 4) is 23.0 Å². The van der Waals surface area contributed by atoms with E-state index in [1.165, 1.54) is 44.5 Å². The van der Waals surface area contributed by atoms with Gasteiger partial charge < -0.3 is 9.47 Å². The van der Waals surface area contributed by atoms with Gasteiger partial charge >= 0.3 is 0 Å². The van der Waals surface area contributed by atoms with Crippen molar-refractivity contribution in [1.29, 1.82) is 0 Å². The summed E-state index contributed by atoms with van der Waals surface area (Å²) in [4.78, 5) is 10.9. The minimum absolute atomic E-state index is 0.133. The lowest BCUT2D eigenvalue weighted by Gasteiger charge is -2.26. The summed E-state index contributed by atoms with van der Waals surface area (Å²) in [6.07, 6.45) is 0. The lowest BCUT2D eigenvalue weighted by atomic mass is 9.78. The highest BCUT2D eigenvalue weighted by Gasteiger charge is 2.23. The summed E-state index contributed by atoms with van der Waals surface area (Å²) in [6.45, 7) is 18.6. The molecule has 0 saturated heterocycles. The van der Waals surface area contributed by atoms with Gasteiger partial charge in [-0.2, -0.15) is 0 Å². The van der Waals surface area contributed by atoms with Gasteiger partial charge in [-0.05, 0) is 148 Å². The number of carbonyl (C=O) groups excluding carboxylic acids is 1. The van der Waals surface area contributed by atoms with Crippen LogP contribution in [0.2, 0.25) is 0 Å². The second-order valence-corrected chi connectivity index (χ2v) is 12.2. The topological polar surface area (TPSA) is 35.5 Å². The van der Waals surface area contributed by atoms with Crippen LogP contribution in [0.15, 0.2) is 103 Å². The number of hydrogen-bond acceptors (Lipinski definition) is 3. The summed E-state index contributed by atoms with van der Waals surface area (Å²) in [5.41, 5.74) is 10.5. The standard InChI is InChI=1S/C31H32O2.C10H12O/c1-21-7-13-29(19-23(21)3)32-27-15-9-25(10-16-27)31(5,6)26-11-17-28(18-12-26)33-30-14-8-22(2)24(4)20-30;1-7-4-5-10(9(3)11)6-8(7)2/h7-20H,1-6H3;4-6H,1-3H3. The van der Waals surface area contributed by atoms with Crippen molar-refractivity contribution in [2.45, 2.75) is 67.7 Å². The Labute approximate surface area is 263 Å². The maximum absolute atomic E-state index is 10.9. The van der Waals surface area contributed by atoms with Crippen molar-refractivity contribution in [3.05, 3.63) is 153 Å². The molecule has 5 aromatic rings. The fraction of sp³-hybridized carbons (Fsp3) is 0.244. The van der Waals surface area contributed by atoms with Crippen LogP contribution in [-0.4, -0.2) is 5.78 Å². The normalized spacial score (nSPS) is 10.9. The summed E-state index contributed by atoms with van der Waals surface area (Å²) in [6, 6.07) is 34.9. The van der Waals surface area contributed by atoms with Crippen LogP contribution in [0.25, 0.3) is 0 Å². The van der Waals surface area contributed by atoms with E-state index in [4.69, 9.17) is 9.47 Å². The molecule has 0 aliphatic carbocycles. The number of benzene rings is 5. The molecule has 0 aliphatic heterocycles. The van der Waals surface area contributed by atoms with E-state index in [-0.39, 0.29) is 11.2 Å². The van der Waals surface area contributed by atoms with Gasteiger partial charge in [0, 0.05) is 11.0 Å². The van der Waals surface area contributed by atoms with Gasteiger partial charge in [-0.15, -0.1) is 0 Å². The van der Waals surface area contributed by atoms with Crippen LogP contribution in [0.5, 0.6) is 23.0 Å². The highest BCUT2D eigenvalue weighted by atomic mass is 16.5. The molecule has 0 bridgehead atoms. The summed E-state index contributed by atoms with van der Waals surface area (Å²) in [7, 11) is 0. The van der Waals surface area contributed by atoms with E-state index in [9.17, 15) is 4.79 Å².